The molecule has 90 valence electrons. The Labute approximate surface area is 93.5 Å². The molecule has 0 bridgehead atoms. The topological polar surface area (TPSA) is 40.5 Å². The van der Waals surface area contributed by atoms with Crippen LogP contribution in [0.5, 0.6) is 0 Å². The van der Waals surface area contributed by atoms with Crippen LogP contribution in [0.15, 0.2) is 0 Å². The second-order valence-corrected chi connectivity index (χ2v) is 4.00. The van der Waals surface area contributed by atoms with Crippen LogP contribution in [0.25, 0.3) is 0 Å². The van der Waals surface area contributed by atoms with Crippen molar-refractivity contribution in [2.75, 3.05) is 19.7 Å². The Bertz CT molecular complexity index is 160. The van der Waals surface area contributed by atoms with E-state index in [-0.39, 0.29) is 12.5 Å². The van der Waals surface area contributed by atoms with Gasteiger partial charge in [0.2, 0.25) is 5.91 Å². The van der Waals surface area contributed by atoms with Crippen molar-refractivity contribution in [2.24, 2.45) is 0 Å². The quantitative estimate of drug-likeness (QED) is 0.599. The maximum absolute atomic E-state index is 11.2. The lowest BCUT2D eigenvalue weighted by Gasteiger charge is -2.20. The summed E-state index contributed by atoms with van der Waals surface area (Å²) in [5.74, 6) is 0.124. The molecule has 0 fully saturated rings. The minimum atomic E-state index is 0.124. The lowest BCUT2D eigenvalue weighted by molar-refractivity contribution is -0.129. The zero-order valence-corrected chi connectivity index (χ0v) is 10.2. The highest BCUT2D eigenvalue weighted by atomic mass is 16.3. The van der Waals surface area contributed by atoms with E-state index in [4.69, 9.17) is 5.11 Å². The lowest BCUT2D eigenvalue weighted by atomic mass is 10.1. The highest BCUT2D eigenvalue weighted by molar-refractivity contribution is 5.73. The minimum absolute atomic E-state index is 0.124. The number of aliphatic hydroxyl groups excluding tert-OH is 1. The lowest BCUT2D eigenvalue weighted by Crippen LogP contribution is -2.31. The van der Waals surface area contributed by atoms with Crippen molar-refractivity contribution in [3.8, 4) is 0 Å². The predicted octanol–water partition coefficient (Wildman–Crippen LogP) is 2.19. The van der Waals surface area contributed by atoms with Crippen molar-refractivity contribution in [3.05, 3.63) is 0 Å². The van der Waals surface area contributed by atoms with Crippen molar-refractivity contribution in [3.63, 3.8) is 0 Å². The molecule has 0 saturated carbocycles. The van der Waals surface area contributed by atoms with E-state index in [1.54, 1.807) is 6.92 Å². The molecule has 3 nitrogen and oxygen atoms in total. The van der Waals surface area contributed by atoms with E-state index in [0.29, 0.717) is 13.0 Å². The van der Waals surface area contributed by atoms with E-state index in [0.717, 1.165) is 13.0 Å². The average Bonchev–Trinajstić information content (AvgIpc) is 2.21. The van der Waals surface area contributed by atoms with Crippen LogP contribution in [0.2, 0.25) is 0 Å². The highest BCUT2D eigenvalue weighted by Crippen LogP contribution is 2.04. The van der Waals surface area contributed by atoms with Crippen LogP contribution in [0.3, 0.4) is 0 Å². The number of carbonyl (C=O) groups excluding carboxylic acids is 1. The summed E-state index contributed by atoms with van der Waals surface area (Å²) in [6.45, 7) is 5.50. The minimum Gasteiger partial charge on any atom is -0.396 e. The number of amides is 1. The van der Waals surface area contributed by atoms with Crippen molar-refractivity contribution >= 4 is 5.91 Å². The fraction of sp³-hybridized carbons (Fsp3) is 0.917. The molecule has 0 aliphatic heterocycles. The third-order valence-electron chi connectivity index (χ3n) is 2.56. The van der Waals surface area contributed by atoms with Gasteiger partial charge in [0.1, 0.15) is 0 Å². The fourth-order valence-electron chi connectivity index (χ4n) is 1.59. The molecule has 1 N–H and O–H groups in total. The summed E-state index contributed by atoms with van der Waals surface area (Å²) >= 11 is 0. The Morgan fingerprint density at radius 1 is 1.07 bits per heavy atom. The molecule has 0 saturated heterocycles. The molecule has 0 atom stereocenters. The molecule has 0 aliphatic carbocycles. The molecule has 0 aliphatic rings. The van der Waals surface area contributed by atoms with Crippen LogP contribution in [-0.2, 0) is 4.79 Å². The SMILES string of the molecule is CCCCCCCN(CCCO)C(C)=O. The summed E-state index contributed by atoms with van der Waals surface area (Å²) in [5, 5.41) is 8.70. The van der Waals surface area contributed by atoms with Gasteiger partial charge in [0.05, 0.1) is 0 Å². The molecule has 0 unspecified atom stereocenters. The first-order valence-electron chi connectivity index (χ1n) is 6.08. The second-order valence-electron chi connectivity index (χ2n) is 4.00. The summed E-state index contributed by atoms with van der Waals surface area (Å²) in [4.78, 5) is 13.0. The van der Waals surface area contributed by atoms with E-state index in [2.05, 4.69) is 6.92 Å². The zero-order valence-electron chi connectivity index (χ0n) is 10.2. The van der Waals surface area contributed by atoms with Gasteiger partial charge in [-0.3, -0.25) is 4.79 Å². The number of hydrogen-bond donors (Lipinski definition) is 1. The van der Waals surface area contributed by atoms with Gasteiger partial charge in [-0.25, -0.2) is 0 Å². The monoisotopic (exact) mass is 215 g/mol. The van der Waals surface area contributed by atoms with E-state index >= 15 is 0 Å². The van der Waals surface area contributed by atoms with E-state index in [1.807, 2.05) is 4.90 Å². The Kier molecular flexibility index (Phi) is 9.59. The van der Waals surface area contributed by atoms with E-state index in [1.165, 1.54) is 25.7 Å². The van der Waals surface area contributed by atoms with E-state index < -0.39 is 0 Å². The van der Waals surface area contributed by atoms with Gasteiger partial charge < -0.3 is 10.0 Å². The Morgan fingerprint density at radius 2 is 1.67 bits per heavy atom. The molecular formula is C12H25NO2. The first kappa shape index (κ1) is 14.4. The summed E-state index contributed by atoms with van der Waals surface area (Å²) in [7, 11) is 0. The smallest absolute Gasteiger partial charge is 0.219 e. The molecule has 15 heavy (non-hydrogen) atoms. The Balaban J connectivity index is 3.53. The van der Waals surface area contributed by atoms with Crippen LogP contribution >= 0.6 is 0 Å². The molecule has 0 aromatic carbocycles. The summed E-state index contributed by atoms with van der Waals surface area (Å²) in [5.41, 5.74) is 0. The number of carbonyl (C=O) groups is 1. The van der Waals surface area contributed by atoms with Gasteiger partial charge in [-0.15, -0.1) is 0 Å². The standard InChI is InChI=1S/C12H25NO2/c1-3-4-5-6-7-9-13(12(2)15)10-8-11-14/h14H,3-11H2,1-2H3. The Hall–Kier alpha value is -0.570. The van der Waals surface area contributed by atoms with Gasteiger partial charge in [-0.1, -0.05) is 32.6 Å². The zero-order chi connectivity index (χ0) is 11.5. The van der Waals surface area contributed by atoms with Gasteiger partial charge in [0, 0.05) is 26.6 Å². The van der Waals surface area contributed by atoms with Gasteiger partial charge in [-0.2, -0.15) is 0 Å². The number of aliphatic hydroxyl groups is 1. The first-order chi connectivity index (χ1) is 7.22. The van der Waals surface area contributed by atoms with Gasteiger partial charge in [-0.05, 0) is 12.8 Å². The molecule has 0 rings (SSSR count). The normalized spacial score (nSPS) is 10.3. The molecule has 3 heteroatoms. The second kappa shape index (κ2) is 9.97. The number of hydrogen-bond acceptors (Lipinski definition) is 2. The van der Waals surface area contributed by atoms with Crippen molar-refractivity contribution in [1.29, 1.82) is 0 Å². The molecule has 0 spiro atoms. The van der Waals surface area contributed by atoms with Crippen molar-refractivity contribution in [2.45, 2.75) is 52.4 Å². The Morgan fingerprint density at radius 3 is 2.20 bits per heavy atom. The number of rotatable bonds is 9. The number of nitrogens with zero attached hydrogens (tertiary/aromatic N) is 1. The van der Waals surface area contributed by atoms with E-state index in [9.17, 15) is 4.79 Å². The molecule has 0 heterocycles. The van der Waals surface area contributed by atoms with Crippen molar-refractivity contribution < 1.29 is 9.90 Å². The van der Waals surface area contributed by atoms with Gasteiger partial charge >= 0.3 is 0 Å². The van der Waals surface area contributed by atoms with Crippen LogP contribution in [-0.4, -0.2) is 35.6 Å². The van der Waals surface area contributed by atoms with Crippen LogP contribution in [0.1, 0.15) is 52.4 Å². The molecule has 0 radical (unpaired) electrons. The van der Waals surface area contributed by atoms with Crippen LogP contribution in [0, 0.1) is 0 Å². The highest BCUT2D eigenvalue weighted by Gasteiger charge is 2.06. The number of unbranched alkanes of at least 4 members (excludes halogenated alkanes) is 4. The predicted molar refractivity (Wildman–Crippen MR) is 62.7 cm³/mol. The third kappa shape index (κ3) is 8.43. The van der Waals surface area contributed by atoms with Gasteiger partial charge in [0.25, 0.3) is 0 Å². The van der Waals surface area contributed by atoms with Crippen molar-refractivity contribution in [1.82, 2.24) is 4.90 Å². The summed E-state index contributed by atoms with van der Waals surface area (Å²) in [6.07, 6.45) is 6.79. The van der Waals surface area contributed by atoms with Crippen LogP contribution in [0.4, 0.5) is 0 Å². The molecule has 1 amide bonds. The average molecular weight is 215 g/mol. The third-order valence-corrected chi connectivity index (χ3v) is 2.56. The first-order valence-corrected chi connectivity index (χ1v) is 6.08. The maximum atomic E-state index is 11.2. The summed E-state index contributed by atoms with van der Waals surface area (Å²) < 4.78 is 0. The van der Waals surface area contributed by atoms with Gasteiger partial charge in [0.15, 0.2) is 0 Å². The van der Waals surface area contributed by atoms with Crippen LogP contribution < -0.4 is 0 Å². The fourth-order valence-corrected chi connectivity index (χ4v) is 1.59. The maximum Gasteiger partial charge on any atom is 0.219 e. The molecule has 0 aromatic rings. The molecule has 0 aromatic heterocycles. The largest absolute Gasteiger partial charge is 0.396 e. The molecular weight excluding hydrogens is 190 g/mol. The summed E-state index contributed by atoms with van der Waals surface area (Å²) in [6, 6.07) is 0.